The predicted molar refractivity (Wildman–Crippen MR) is 75.5 cm³/mol. The number of hydrogen-bond donors (Lipinski definition) is 1. The lowest BCUT2D eigenvalue weighted by Gasteiger charge is -2.24. The number of piperidine rings is 1. The van der Waals surface area contributed by atoms with E-state index in [9.17, 15) is 4.79 Å². The minimum atomic E-state index is -0.421. The number of rotatable bonds is 5. The van der Waals surface area contributed by atoms with Crippen LogP contribution >= 0.6 is 0 Å². The minimum Gasteiger partial charge on any atom is -0.493 e. The molecule has 5 heteroatoms. The molecule has 0 radical (unpaired) electrons. The van der Waals surface area contributed by atoms with E-state index in [1.807, 2.05) is 0 Å². The molecule has 0 amide bonds. The summed E-state index contributed by atoms with van der Waals surface area (Å²) in [5.74, 6) is 0.577. The molecule has 1 fully saturated rings. The number of hydrogen-bond acceptors (Lipinski definition) is 5. The third-order valence-corrected chi connectivity index (χ3v) is 3.45. The van der Waals surface area contributed by atoms with E-state index in [1.165, 1.54) is 20.0 Å². The number of carbonyl (C=O) groups excluding carboxylic acids is 1. The Morgan fingerprint density at radius 3 is 2.85 bits per heavy atom. The quantitative estimate of drug-likeness (QED) is 0.835. The van der Waals surface area contributed by atoms with Gasteiger partial charge in [0, 0.05) is 6.04 Å². The van der Waals surface area contributed by atoms with Crippen molar-refractivity contribution in [2.24, 2.45) is 0 Å². The van der Waals surface area contributed by atoms with Crippen molar-refractivity contribution >= 4 is 5.97 Å². The molecule has 110 valence electrons. The Balaban J connectivity index is 2.13. The van der Waals surface area contributed by atoms with E-state index in [-0.39, 0.29) is 0 Å². The zero-order chi connectivity index (χ0) is 14.4. The highest BCUT2D eigenvalue weighted by molar-refractivity contribution is 5.93. The van der Waals surface area contributed by atoms with Crippen LogP contribution in [0, 0.1) is 0 Å². The van der Waals surface area contributed by atoms with Crippen LogP contribution < -0.4 is 14.8 Å². The Kier molecular flexibility index (Phi) is 5.24. The summed E-state index contributed by atoms with van der Waals surface area (Å²) in [6, 6.07) is 5.52. The first-order chi connectivity index (χ1) is 9.76. The zero-order valence-corrected chi connectivity index (χ0v) is 12.0. The molecule has 2 rings (SSSR count). The maximum atomic E-state index is 11.8. The molecule has 0 spiro atoms. The highest BCUT2D eigenvalue weighted by Crippen LogP contribution is 2.31. The average Bonchev–Trinajstić information content (AvgIpc) is 2.52. The van der Waals surface area contributed by atoms with Crippen LogP contribution in [0.3, 0.4) is 0 Å². The summed E-state index contributed by atoms with van der Waals surface area (Å²) in [4.78, 5) is 11.8. The number of methoxy groups -OCH3 is 2. The second-order valence-corrected chi connectivity index (χ2v) is 4.79. The maximum Gasteiger partial charge on any atom is 0.341 e. The van der Waals surface area contributed by atoms with Crippen LogP contribution in [0.4, 0.5) is 0 Å². The smallest absolute Gasteiger partial charge is 0.341 e. The molecule has 20 heavy (non-hydrogen) atoms. The predicted octanol–water partition coefficient (Wildman–Crippen LogP) is 2.00. The van der Waals surface area contributed by atoms with Crippen LogP contribution in [0.25, 0.3) is 0 Å². The van der Waals surface area contributed by atoms with Crippen molar-refractivity contribution in [1.82, 2.24) is 5.32 Å². The van der Waals surface area contributed by atoms with Crippen molar-refractivity contribution in [3.63, 3.8) is 0 Å². The van der Waals surface area contributed by atoms with Gasteiger partial charge in [-0.15, -0.1) is 0 Å². The lowest BCUT2D eigenvalue weighted by molar-refractivity contribution is 0.0594. The average molecular weight is 279 g/mol. The highest BCUT2D eigenvalue weighted by atomic mass is 16.5. The monoisotopic (exact) mass is 279 g/mol. The molecule has 5 nitrogen and oxygen atoms in total. The molecule has 1 aliphatic rings. The Morgan fingerprint density at radius 1 is 1.35 bits per heavy atom. The normalized spacial score (nSPS) is 18.4. The van der Waals surface area contributed by atoms with Gasteiger partial charge in [-0.25, -0.2) is 4.79 Å². The molecule has 1 aromatic carbocycles. The van der Waals surface area contributed by atoms with Gasteiger partial charge < -0.3 is 19.5 Å². The summed E-state index contributed by atoms with van der Waals surface area (Å²) in [6.07, 6.45) is 3.50. The van der Waals surface area contributed by atoms with Crippen LogP contribution in [0.5, 0.6) is 11.5 Å². The first-order valence-corrected chi connectivity index (χ1v) is 6.87. The van der Waals surface area contributed by atoms with Gasteiger partial charge in [0.15, 0.2) is 11.5 Å². The number of esters is 1. The van der Waals surface area contributed by atoms with Gasteiger partial charge in [0.05, 0.1) is 14.2 Å². The number of nitrogens with one attached hydrogen (secondary N) is 1. The van der Waals surface area contributed by atoms with E-state index < -0.39 is 5.97 Å². The van der Waals surface area contributed by atoms with Gasteiger partial charge in [0.25, 0.3) is 0 Å². The van der Waals surface area contributed by atoms with Crippen molar-refractivity contribution in [1.29, 1.82) is 0 Å². The molecule has 1 unspecified atom stereocenters. The van der Waals surface area contributed by atoms with E-state index in [1.54, 1.807) is 25.3 Å². The Hall–Kier alpha value is -1.75. The molecular weight excluding hydrogens is 258 g/mol. The summed E-state index contributed by atoms with van der Waals surface area (Å²) in [5, 5.41) is 3.41. The van der Waals surface area contributed by atoms with Crippen molar-refractivity contribution in [3.8, 4) is 11.5 Å². The molecular formula is C15H21NO4. The highest BCUT2D eigenvalue weighted by Gasteiger charge is 2.20. The second kappa shape index (κ2) is 7.14. The zero-order valence-electron chi connectivity index (χ0n) is 12.0. The number of carbonyl (C=O) groups is 1. The second-order valence-electron chi connectivity index (χ2n) is 4.79. The summed E-state index contributed by atoms with van der Waals surface area (Å²) in [5.41, 5.74) is 0.391. The van der Waals surface area contributed by atoms with E-state index in [0.29, 0.717) is 29.7 Å². The number of benzene rings is 1. The molecule has 1 atom stereocenters. The molecule has 1 heterocycles. The van der Waals surface area contributed by atoms with Gasteiger partial charge in [0.2, 0.25) is 0 Å². The first kappa shape index (κ1) is 14.7. The molecule has 0 aliphatic carbocycles. The van der Waals surface area contributed by atoms with Gasteiger partial charge in [0.1, 0.15) is 12.2 Å². The van der Waals surface area contributed by atoms with Crippen LogP contribution in [0.1, 0.15) is 29.6 Å². The van der Waals surface area contributed by atoms with Crippen LogP contribution in [-0.2, 0) is 4.74 Å². The lowest BCUT2D eigenvalue weighted by Crippen LogP contribution is -2.38. The molecule has 1 aromatic rings. The SMILES string of the molecule is COC(=O)c1cccc(OC)c1OCC1CCCCN1. The molecule has 0 aromatic heterocycles. The van der Waals surface area contributed by atoms with Gasteiger partial charge in [-0.3, -0.25) is 0 Å². The molecule has 1 aliphatic heterocycles. The fourth-order valence-corrected chi connectivity index (χ4v) is 2.35. The molecule has 0 saturated carbocycles. The van der Waals surface area contributed by atoms with Crippen molar-refractivity contribution in [2.45, 2.75) is 25.3 Å². The Labute approximate surface area is 119 Å². The largest absolute Gasteiger partial charge is 0.493 e. The Morgan fingerprint density at radius 2 is 2.20 bits per heavy atom. The first-order valence-electron chi connectivity index (χ1n) is 6.87. The number of ether oxygens (including phenoxy) is 3. The van der Waals surface area contributed by atoms with Crippen LogP contribution in [-0.4, -0.2) is 39.4 Å². The standard InChI is InChI=1S/C15H21NO4/c1-18-13-8-5-7-12(15(17)19-2)14(13)20-10-11-6-3-4-9-16-11/h5,7-8,11,16H,3-4,6,9-10H2,1-2H3. The third kappa shape index (κ3) is 3.42. The maximum absolute atomic E-state index is 11.8. The van der Waals surface area contributed by atoms with E-state index in [4.69, 9.17) is 14.2 Å². The fraction of sp³-hybridized carbons (Fsp3) is 0.533. The molecule has 1 saturated heterocycles. The lowest BCUT2D eigenvalue weighted by atomic mass is 10.1. The van der Waals surface area contributed by atoms with Crippen LogP contribution in [0.2, 0.25) is 0 Å². The van der Waals surface area contributed by atoms with Gasteiger partial charge in [-0.1, -0.05) is 12.5 Å². The van der Waals surface area contributed by atoms with E-state index in [2.05, 4.69) is 5.32 Å². The van der Waals surface area contributed by atoms with Crippen molar-refractivity contribution in [2.75, 3.05) is 27.4 Å². The van der Waals surface area contributed by atoms with Crippen molar-refractivity contribution < 1.29 is 19.0 Å². The van der Waals surface area contributed by atoms with Gasteiger partial charge in [-0.05, 0) is 31.5 Å². The topological polar surface area (TPSA) is 56.8 Å². The summed E-state index contributed by atoms with van der Waals surface area (Å²) in [6.45, 7) is 1.54. The fourth-order valence-electron chi connectivity index (χ4n) is 2.35. The summed E-state index contributed by atoms with van der Waals surface area (Å²) < 4.78 is 15.9. The third-order valence-electron chi connectivity index (χ3n) is 3.45. The summed E-state index contributed by atoms with van der Waals surface area (Å²) in [7, 11) is 2.91. The van der Waals surface area contributed by atoms with Gasteiger partial charge >= 0.3 is 5.97 Å². The van der Waals surface area contributed by atoms with Crippen LogP contribution in [0.15, 0.2) is 18.2 Å². The van der Waals surface area contributed by atoms with Gasteiger partial charge in [-0.2, -0.15) is 0 Å². The molecule has 0 bridgehead atoms. The van der Waals surface area contributed by atoms with E-state index in [0.717, 1.165) is 13.0 Å². The van der Waals surface area contributed by atoms with Crippen molar-refractivity contribution in [3.05, 3.63) is 23.8 Å². The van der Waals surface area contributed by atoms with E-state index >= 15 is 0 Å². The number of para-hydroxylation sites is 1. The minimum absolute atomic E-state index is 0.319. The Bertz CT molecular complexity index is 455. The summed E-state index contributed by atoms with van der Waals surface area (Å²) >= 11 is 0. The molecule has 1 N–H and O–H groups in total.